The number of amides is 2. The van der Waals surface area contributed by atoms with E-state index in [2.05, 4.69) is 20.7 Å². The van der Waals surface area contributed by atoms with E-state index in [1.807, 2.05) is 6.07 Å². The van der Waals surface area contributed by atoms with E-state index in [4.69, 9.17) is 14.2 Å². The molecule has 13 nitrogen and oxygen atoms in total. The monoisotopic (exact) mass is 579 g/mol. The Morgan fingerprint density at radius 2 is 1.95 bits per heavy atom. The van der Waals surface area contributed by atoms with E-state index in [1.54, 1.807) is 57.8 Å². The summed E-state index contributed by atoms with van der Waals surface area (Å²) >= 11 is 0. The molecule has 2 N–H and O–H groups in total. The maximum atomic E-state index is 13.5. The van der Waals surface area contributed by atoms with Gasteiger partial charge in [0.2, 0.25) is 0 Å². The Balaban J connectivity index is 1.35. The van der Waals surface area contributed by atoms with Crippen LogP contribution in [0.3, 0.4) is 0 Å². The number of methoxy groups -OCH3 is 1. The molecule has 0 spiro atoms. The summed E-state index contributed by atoms with van der Waals surface area (Å²) in [6.07, 6.45) is 5.14. The van der Waals surface area contributed by atoms with Crippen molar-refractivity contribution in [2.75, 3.05) is 37.6 Å². The fourth-order valence-electron chi connectivity index (χ4n) is 5.98. The van der Waals surface area contributed by atoms with Gasteiger partial charge in [-0.15, -0.1) is 0 Å². The van der Waals surface area contributed by atoms with Gasteiger partial charge in [-0.25, -0.2) is 9.78 Å². The number of pyridine rings is 1. The van der Waals surface area contributed by atoms with Gasteiger partial charge in [-0.3, -0.25) is 14.5 Å². The molecule has 0 bridgehead atoms. The molecule has 1 aliphatic heterocycles. The minimum atomic E-state index is -0.726. The molecule has 0 unspecified atom stereocenters. The van der Waals surface area contributed by atoms with Gasteiger partial charge in [-0.2, -0.15) is 9.61 Å². The summed E-state index contributed by atoms with van der Waals surface area (Å²) in [6.45, 7) is 6.67. The van der Waals surface area contributed by atoms with Crippen molar-refractivity contribution in [3.8, 4) is 0 Å². The predicted octanol–water partition coefficient (Wildman–Crippen LogP) is 3.12. The van der Waals surface area contributed by atoms with Gasteiger partial charge in [0.05, 0.1) is 25.5 Å². The summed E-state index contributed by atoms with van der Waals surface area (Å²) in [5.74, 6) is 0.965. The molecule has 42 heavy (non-hydrogen) atoms. The topological polar surface area (TPSA) is 141 Å². The molecule has 3 fully saturated rings. The fourth-order valence-corrected chi connectivity index (χ4v) is 5.98. The largest absolute Gasteiger partial charge is 0.443 e. The third kappa shape index (κ3) is 5.34. The van der Waals surface area contributed by atoms with Gasteiger partial charge in [0.15, 0.2) is 5.65 Å². The van der Waals surface area contributed by atoms with E-state index in [9.17, 15) is 14.4 Å². The molecule has 224 valence electrons. The molecule has 0 radical (unpaired) electrons. The zero-order valence-corrected chi connectivity index (χ0v) is 24.5. The van der Waals surface area contributed by atoms with Crippen LogP contribution in [0.4, 0.5) is 22.1 Å². The van der Waals surface area contributed by atoms with Crippen molar-refractivity contribution < 1.29 is 23.8 Å². The van der Waals surface area contributed by atoms with Gasteiger partial charge >= 0.3 is 6.09 Å². The average Bonchev–Trinajstić information content (AvgIpc) is 3.39. The van der Waals surface area contributed by atoms with Crippen molar-refractivity contribution in [1.82, 2.24) is 24.5 Å². The maximum Gasteiger partial charge on any atom is 0.415 e. The van der Waals surface area contributed by atoms with Crippen molar-refractivity contribution in [3.63, 3.8) is 0 Å². The van der Waals surface area contributed by atoms with Crippen LogP contribution in [-0.4, -0.2) is 76.3 Å². The number of anilines is 3. The van der Waals surface area contributed by atoms with Gasteiger partial charge in [0, 0.05) is 50.3 Å². The van der Waals surface area contributed by atoms with Crippen LogP contribution in [0, 0.1) is 11.8 Å². The van der Waals surface area contributed by atoms with Gasteiger partial charge < -0.3 is 29.4 Å². The molecule has 6 rings (SSSR count). The first-order valence-corrected chi connectivity index (χ1v) is 14.3. The Bertz CT molecular complexity index is 1570. The third-order valence-electron chi connectivity index (χ3n) is 8.23. The lowest BCUT2D eigenvalue weighted by molar-refractivity contribution is 0.0587. The first-order valence-electron chi connectivity index (χ1n) is 14.3. The van der Waals surface area contributed by atoms with Crippen LogP contribution in [0.15, 0.2) is 35.4 Å². The summed E-state index contributed by atoms with van der Waals surface area (Å²) in [6, 6.07) is 5.19. The second-order valence-corrected chi connectivity index (χ2v) is 12.3. The Hall–Kier alpha value is -3.97. The van der Waals surface area contributed by atoms with Gasteiger partial charge in [-0.1, -0.05) is 0 Å². The molecule has 3 aliphatic rings. The lowest BCUT2D eigenvalue weighted by atomic mass is 10.2. The molecular weight excluding hydrogens is 542 g/mol. The highest BCUT2D eigenvalue weighted by atomic mass is 16.6. The number of fused-ring (bicyclic) bond motifs is 2. The maximum absolute atomic E-state index is 13.5. The highest BCUT2D eigenvalue weighted by Gasteiger charge is 2.55. The van der Waals surface area contributed by atoms with Crippen LogP contribution in [0.2, 0.25) is 0 Å². The first kappa shape index (κ1) is 28.2. The number of hydrogen-bond acceptors (Lipinski definition) is 9. The molecule has 2 saturated carbocycles. The van der Waals surface area contributed by atoms with Crippen LogP contribution in [0.1, 0.15) is 56.4 Å². The molecule has 0 aromatic carbocycles. The molecule has 3 aromatic rings. The van der Waals surface area contributed by atoms with Crippen LogP contribution in [-0.2, 0) is 14.2 Å². The smallest absolute Gasteiger partial charge is 0.415 e. The standard InChI is InChI=1S/C29H37N7O6/c1-29(2,3)42-28(39)34(4)23-12-22(32-21-7-6-10-35(27(21)38)24-19-14-41-15-20(19)24)33-25-18(13-30-36(23)25)26(37)31-16-8-9-17(11-16)40-5/h6-7,10,12-13,16-17,19-20,24H,8-9,11,14-15H2,1-5H3,(H,31,37)(H,32,33)/t16-,17-,19-,20+,24+/m1/s1. The van der Waals surface area contributed by atoms with Crippen molar-refractivity contribution in [2.24, 2.45) is 11.8 Å². The SMILES string of the molecule is CO[C@@H]1CC[C@@H](NC(=O)c2cnn3c(N(C)C(=O)OC(C)(C)C)cc(Nc4cccn([C@H]5[C@@H]6COC[C@@H]65)c4=O)nc23)C1. The summed E-state index contributed by atoms with van der Waals surface area (Å²) in [7, 11) is 3.23. The first-order chi connectivity index (χ1) is 20.0. The average molecular weight is 580 g/mol. The van der Waals surface area contributed by atoms with E-state index >= 15 is 0 Å². The summed E-state index contributed by atoms with van der Waals surface area (Å²) < 4.78 is 19.7. The second-order valence-electron chi connectivity index (χ2n) is 12.3. The normalized spacial score (nSPS) is 24.8. The van der Waals surface area contributed by atoms with Crippen molar-refractivity contribution in [1.29, 1.82) is 0 Å². The minimum Gasteiger partial charge on any atom is -0.443 e. The molecule has 3 aromatic heterocycles. The van der Waals surface area contributed by atoms with Gasteiger partial charge in [-0.05, 0) is 52.2 Å². The van der Waals surface area contributed by atoms with E-state index in [0.717, 1.165) is 19.3 Å². The van der Waals surface area contributed by atoms with Crippen molar-refractivity contribution in [3.05, 3.63) is 46.5 Å². The van der Waals surface area contributed by atoms with Crippen molar-refractivity contribution >= 4 is 35.0 Å². The molecule has 2 aliphatic carbocycles. The molecule has 1 saturated heterocycles. The lowest BCUT2D eigenvalue weighted by Gasteiger charge is -2.25. The Labute approximate surface area is 243 Å². The highest BCUT2D eigenvalue weighted by Crippen LogP contribution is 2.53. The Kier molecular flexibility index (Phi) is 7.17. The van der Waals surface area contributed by atoms with E-state index in [0.29, 0.717) is 36.6 Å². The molecule has 13 heteroatoms. The van der Waals surface area contributed by atoms with Crippen LogP contribution >= 0.6 is 0 Å². The number of nitrogens with zero attached hydrogens (tertiary/aromatic N) is 5. The van der Waals surface area contributed by atoms with Crippen LogP contribution in [0.5, 0.6) is 0 Å². The quantitative estimate of drug-likeness (QED) is 0.432. The van der Waals surface area contributed by atoms with Gasteiger partial charge in [0.1, 0.15) is 28.5 Å². The van der Waals surface area contributed by atoms with Gasteiger partial charge in [0.25, 0.3) is 11.5 Å². The number of ether oxygens (including phenoxy) is 3. The Morgan fingerprint density at radius 1 is 1.19 bits per heavy atom. The lowest BCUT2D eigenvalue weighted by Crippen LogP contribution is -2.35. The number of hydrogen-bond donors (Lipinski definition) is 2. The van der Waals surface area contributed by atoms with Crippen LogP contribution < -0.4 is 21.1 Å². The molecular formula is C29H37N7O6. The number of rotatable bonds is 7. The number of carbonyl (C=O) groups excluding carboxylic acids is 2. The second kappa shape index (κ2) is 10.7. The summed E-state index contributed by atoms with van der Waals surface area (Å²) in [5.41, 5.74) is -0.103. The Morgan fingerprint density at radius 3 is 2.64 bits per heavy atom. The van der Waals surface area contributed by atoms with E-state index in [1.165, 1.54) is 15.6 Å². The molecule has 4 heterocycles. The number of nitrogens with one attached hydrogen (secondary N) is 2. The minimum absolute atomic E-state index is 0.0299. The molecule has 2 amide bonds. The fraction of sp³-hybridized carbons (Fsp3) is 0.552. The number of aromatic nitrogens is 4. The predicted molar refractivity (Wildman–Crippen MR) is 154 cm³/mol. The van der Waals surface area contributed by atoms with Crippen LogP contribution in [0.25, 0.3) is 5.65 Å². The number of carbonyl (C=O) groups is 2. The zero-order valence-electron chi connectivity index (χ0n) is 24.5. The third-order valence-corrected chi connectivity index (χ3v) is 8.23. The van der Waals surface area contributed by atoms with Crippen molar-refractivity contribution in [2.45, 2.75) is 63.8 Å². The summed E-state index contributed by atoms with van der Waals surface area (Å²) in [5, 5.41) is 10.6. The van der Waals surface area contributed by atoms with E-state index in [-0.39, 0.29) is 46.7 Å². The zero-order chi connectivity index (χ0) is 29.8. The van der Waals surface area contributed by atoms with E-state index < -0.39 is 11.7 Å². The molecule has 5 atom stereocenters. The highest BCUT2D eigenvalue weighted by molar-refractivity contribution is 6.00. The summed E-state index contributed by atoms with van der Waals surface area (Å²) in [4.78, 5) is 45.9.